The monoisotopic (exact) mass is 252 g/mol. The molecule has 0 fully saturated rings. The molecule has 0 aliphatic heterocycles. The summed E-state index contributed by atoms with van der Waals surface area (Å²) in [5.74, 6) is -0.534. The van der Waals surface area contributed by atoms with Gasteiger partial charge in [0.2, 0.25) is 5.91 Å². The van der Waals surface area contributed by atoms with Crippen LogP contribution in [0.3, 0.4) is 0 Å². The van der Waals surface area contributed by atoms with Crippen LogP contribution in [0.15, 0.2) is 24.3 Å². The fourth-order valence-corrected chi connectivity index (χ4v) is 1.56. The summed E-state index contributed by atoms with van der Waals surface area (Å²) in [6, 6.07) is 5.33. The number of rotatable bonds is 3. The lowest BCUT2D eigenvalue weighted by Gasteiger charge is -2.27. The first-order valence-electron chi connectivity index (χ1n) is 6.03. The summed E-state index contributed by atoms with van der Waals surface area (Å²) in [6.45, 7) is 7.53. The number of nitrogens with two attached hydrogens (primary N) is 1. The normalized spacial score (nSPS) is 15.0. The van der Waals surface area contributed by atoms with Crippen molar-refractivity contribution in [2.45, 2.75) is 39.8 Å². The second-order valence-electron chi connectivity index (χ2n) is 5.63. The Bertz CT molecular complexity index is 426. The molecule has 2 atom stereocenters. The third-order valence-corrected chi connectivity index (χ3v) is 2.92. The zero-order valence-corrected chi connectivity index (χ0v) is 11.3. The van der Waals surface area contributed by atoms with Crippen molar-refractivity contribution in [1.29, 1.82) is 0 Å². The van der Waals surface area contributed by atoms with Crippen molar-refractivity contribution in [2.75, 3.05) is 0 Å². The Balaban J connectivity index is 2.71. The molecular formula is C14H21FN2O. The predicted molar refractivity (Wildman–Crippen MR) is 70.4 cm³/mol. The second kappa shape index (κ2) is 5.48. The molecule has 0 saturated carbocycles. The number of halogens is 1. The van der Waals surface area contributed by atoms with E-state index in [4.69, 9.17) is 5.73 Å². The molecule has 0 unspecified atom stereocenters. The van der Waals surface area contributed by atoms with Crippen LogP contribution in [0.1, 0.15) is 39.3 Å². The number of hydrogen-bond donors (Lipinski definition) is 2. The van der Waals surface area contributed by atoms with E-state index in [2.05, 4.69) is 5.32 Å². The van der Waals surface area contributed by atoms with E-state index < -0.39 is 6.04 Å². The van der Waals surface area contributed by atoms with Crippen LogP contribution >= 0.6 is 0 Å². The summed E-state index contributed by atoms with van der Waals surface area (Å²) in [5, 5.41) is 2.80. The maximum atomic E-state index is 13.1. The summed E-state index contributed by atoms with van der Waals surface area (Å²) in [6.07, 6.45) is 0. The molecule has 0 saturated heterocycles. The molecule has 0 heterocycles. The zero-order chi connectivity index (χ0) is 13.9. The average Bonchev–Trinajstić information content (AvgIpc) is 2.26. The van der Waals surface area contributed by atoms with Crippen molar-refractivity contribution in [3.8, 4) is 0 Å². The van der Waals surface area contributed by atoms with Gasteiger partial charge in [0.1, 0.15) is 5.82 Å². The third kappa shape index (κ3) is 3.81. The summed E-state index contributed by atoms with van der Waals surface area (Å²) in [7, 11) is 0. The van der Waals surface area contributed by atoms with Gasteiger partial charge in [-0.25, -0.2) is 4.39 Å². The van der Waals surface area contributed by atoms with Gasteiger partial charge in [0, 0.05) is 0 Å². The maximum absolute atomic E-state index is 13.1. The van der Waals surface area contributed by atoms with Gasteiger partial charge >= 0.3 is 0 Å². The fourth-order valence-electron chi connectivity index (χ4n) is 1.56. The molecule has 18 heavy (non-hydrogen) atoms. The molecule has 1 amide bonds. The van der Waals surface area contributed by atoms with Crippen molar-refractivity contribution < 1.29 is 9.18 Å². The van der Waals surface area contributed by atoms with Gasteiger partial charge in [-0.2, -0.15) is 0 Å². The van der Waals surface area contributed by atoms with E-state index in [-0.39, 0.29) is 23.2 Å². The van der Waals surface area contributed by atoms with Crippen LogP contribution in [0.25, 0.3) is 0 Å². The third-order valence-electron chi connectivity index (χ3n) is 2.92. The minimum atomic E-state index is -0.589. The molecule has 0 spiro atoms. The van der Waals surface area contributed by atoms with E-state index in [9.17, 15) is 9.18 Å². The molecule has 0 radical (unpaired) electrons. The van der Waals surface area contributed by atoms with E-state index >= 15 is 0 Å². The first-order valence-corrected chi connectivity index (χ1v) is 6.03. The number of carbonyl (C=O) groups excluding carboxylic acids is 1. The topological polar surface area (TPSA) is 55.1 Å². The molecule has 1 aromatic carbocycles. The largest absolute Gasteiger partial charge is 0.348 e. The highest BCUT2D eigenvalue weighted by Gasteiger charge is 2.28. The molecule has 100 valence electrons. The SMILES string of the molecule is C[C@H](NC(=O)[C@H](N)C(C)(C)C)c1cccc(F)c1. The van der Waals surface area contributed by atoms with Crippen LogP contribution in [-0.4, -0.2) is 11.9 Å². The molecule has 0 aliphatic rings. The van der Waals surface area contributed by atoms with Crippen molar-refractivity contribution >= 4 is 5.91 Å². The van der Waals surface area contributed by atoms with Gasteiger partial charge in [-0.1, -0.05) is 32.9 Å². The molecule has 0 bridgehead atoms. The smallest absolute Gasteiger partial charge is 0.237 e. The van der Waals surface area contributed by atoms with Crippen molar-refractivity contribution in [3.63, 3.8) is 0 Å². The maximum Gasteiger partial charge on any atom is 0.237 e. The Morgan fingerprint density at radius 3 is 2.50 bits per heavy atom. The fraction of sp³-hybridized carbons (Fsp3) is 0.500. The standard InChI is InChI=1S/C14H21FN2O/c1-9(10-6-5-7-11(15)8-10)17-13(18)12(16)14(2,3)4/h5-9,12H,16H2,1-4H3,(H,17,18)/t9-,12-/m0/s1. The molecule has 1 aromatic rings. The van der Waals surface area contributed by atoms with E-state index in [1.807, 2.05) is 27.7 Å². The van der Waals surface area contributed by atoms with Crippen LogP contribution in [-0.2, 0) is 4.79 Å². The van der Waals surface area contributed by atoms with E-state index in [1.54, 1.807) is 12.1 Å². The molecule has 4 heteroatoms. The van der Waals surface area contributed by atoms with Crippen LogP contribution < -0.4 is 11.1 Å². The van der Waals surface area contributed by atoms with Gasteiger partial charge in [0.25, 0.3) is 0 Å². The molecule has 0 aromatic heterocycles. The van der Waals surface area contributed by atoms with Gasteiger partial charge in [-0.05, 0) is 30.0 Å². The lowest BCUT2D eigenvalue weighted by atomic mass is 9.86. The van der Waals surface area contributed by atoms with Crippen molar-refractivity contribution in [1.82, 2.24) is 5.32 Å². The number of benzene rings is 1. The number of carbonyl (C=O) groups is 1. The summed E-state index contributed by atoms with van der Waals surface area (Å²) in [4.78, 5) is 11.9. The quantitative estimate of drug-likeness (QED) is 0.867. The minimum absolute atomic E-state index is 0.223. The highest BCUT2D eigenvalue weighted by atomic mass is 19.1. The molecular weight excluding hydrogens is 231 g/mol. The van der Waals surface area contributed by atoms with Gasteiger partial charge in [0.05, 0.1) is 12.1 Å². The van der Waals surface area contributed by atoms with Gasteiger partial charge in [-0.3, -0.25) is 4.79 Å². The summed E-state index contributed by atoms with van der Waals surface area (Å²) < 4.78 is 13.1. The number of nitrogens with one attached hydrogen (secondary N) is 1. The number of hydrogen-bond acceptors (Lipinski definition) is 2. The molecule has 3 N–H and O–H groups in total. The van der Waals surface area contributed by atoms with Crippen LogP contribution in [0, 0.1) is 11.2 Å². The Kier molecular flexibility index (Phi) is 4.46. The first kappa shape index (κ1) is 14.6. The Morgan fingerprint density at radius 2 is 2.00 bits per heavy atom. The highest BCUT2D eigenvalue weighted by Crippen LogP contribution is 2.19. The van der Waals surface area contributed by atoms with E-state index in [1.165, 1.54) is 12.1 Å². The highest BCUT2D eigenvalue weighted by molar-refractivity contribution is 5.82. The average molecular weight is 252 g/mol. The van der Waals surface area contributed by atoms with E-state index in [0.29, 0.717) is 0 Å². The Morgan fingerprint density at radius 1 is 1.39 bits per heavy atom. The Hall–Kier alpha value is -1.42. The molecule has 1 rings (SSSR count). The van der Waals surface area contributed by atoms with Crippen LogP contribution in [0.4, 0.5) is 4.39 Å². The van der Waals surface area contributed by atoms with Gasteiger partial charge in [0.15, 0.2) is 0 Å². The minimum Gasteiger partial charge on any atom is -0.348 e. The zero-order valence-electron chi connectivity index (χ0n) is 11.3. The second-order valence-corrected chi connectivity index (χ2v) is 5.63. The molecule has 3 nitrogen and oxygen atoms in total. The van der Waals surface area contributed by atoms with Crippen LogP contribution in [0.2, 0.25) is 0 Å². The first-order chi connectivity index (χ1) is 8.21. The van der Waals surface area contributed by atoms with Gasteiger partial charge in [-0.15, -0.1) is 0 Å². The predicted octanol–water partition coefficient (Wildman–Crippen LogP) is 2.38. The van der Waals surface area contributed by atoms with Crippen molar-refractivity contribution in [3.05, 3.63) is 35.6 Å². The lowest BCUT2D eigenvalue weighted by Crippen LogP contribution is -2.49. The number of amides is 1. The van der Waals surface area contributed by atoms with Gasteiger partial charge < -0.3 is 11.1 Å². The summed E-state index contributed by atoms with van der Waals surface area (Å²) >= 11 is 0. The molecule has 0 aliphatic carbocycles. The summed E-state index contributed by atoms with van der Waals surface area (Å²) in [5.41, 5.74) is 6.29. The lowest BCUT2D eigenvalue weighted by molar-refractivity contribution is -0.125. The van der Waals surface area contributed by atoms with Crippen molar-refractivity contribution in [2.24, 2.45) is 11.1 Å². The Labute approximate surface area is 108 Å². The van der Waals surface area contributed by atoms with Crippen LogP contribution in [0.5, 0.6) is 0 Å². The van der Waals surface area contributed by atoms with E-state index in [0.717, 1.165) is 5.56 Å².